The number of hydrogen-bond donors (Lipinski definition) is 1. The summed E-state index contributed by atoms with van der Waals surface area (Å²) >= 11 is 0. The molecule has 0 amide bonds. The van der Waals surface area contributed by atoms with Crippen LogP contribution in [0.25, 0.3) is 0 Å². The van der Waals surface area contributed by atoms with Gasteiger partial charge in [-0.15, -0.1) is 0 Å². The molecule has 2 unspecified atom stereocenters. The van der Waals surface area contributed by atoms with Crippen LogP contribution in [0.5, 0.6) is 0 Å². The van der Waals surface area contributed by atoms with Gasteiger partial charge in [0.05, 0.1) is 0 Å². The summed E-state index contributed by atoms with van der Waals surface area (Å²) in [6.45, 7) is 8.49. The standard InChI is InChI=1S/C15H28N2/c1-3-16-14-8-9-17(10-11(14)2)15(12-4-5-12)13-6-7-13/h11-16H,3-10H2,1-2H3. The molecule has 2 saturated carbocycles. The van der Waals surface area contributed by atoms with Crippen molar-refractivity contribution >= 4 is 0 Å². The highest BCUT2D eigenvalue weighted by atomic mass is 15.2. The van der Waals surface area contributed by atoms with E-state index in [-0.39, 0.29) is 0 Å². The summed E-state index contributed by atoms with van der Waals surface area (Å²) < 4.78 is 0. The smallest absolute Gasteiger partial charge is 0.0152 e. The summed E-state index contributed by atoms with van der Waals surface area (Å²) in [5, 5.41) is 3.66. The van der Waals surface area contributed by atoms with Crippen molar-refractivity contribution in [2.45, 2.75) is 58.0 Å². The van der Waals surface area contributed by atoms with Crippen LogP contribution in [0.3, 0.4) is 0 Å². The molecular formula is C15H28N2. The van der Waals surface area contributed by atoms with Crippen LogP contribution < -0.4 is 5.32 Å². The molecule has 2 heteroatoms. The molecule has 0 aromatic rings. The average molecular weight is 236 g/mol. The lowest BCUT2D eigenvalue weighted by Crippen LogP contribution is -2.52. The molecule has 2 aliphatic carbocycles. The van der Waals surface area contributed by atoms with Crippen LogP contribution in [0.2, 0.25) is 0 Å². The highest BCUT2D eigenvalue weighted by Gasteiger charge is 2.45. The van der Waals surface area contributed by atoms with Gasteiger partial charge in [-0.05, 0) is 62.9 Å². The van der Waals surface area contributed by atoms with E-state index in [0.29, 0.717) is 0 Å². The van der Waals surface area contributed by atoms with E-state index in [2.05, 4.69) is 24.1 Å². The number of likely N-dealkylation sites (tertiary alicyclic amines) is 1. The first-order valence-electron chi connectivity index (χ1n) is 7.77. The van der Waals surface area contributed by atoms with E-state index in [1.54, 1.807) is 0 Å². The molecule has 17 heavy (non-hydrogen) atoms. The Balaban J connectivity index is 1.57. The molecule has 98 valence electrons. The lowest BCUT2D eigenvalue weighted by atomic mass is 9.91. The molecule has 0 bridgehead atoms. The highest BCUT2D eigenvalue weighted by Crippen LogP contribution is 2.47. The van der Waals surface area contributed by atoms with Crippen molar-refractivity contribution in [1.29, 1.82) is 0 Å². The van der Waals surface area contributed by atoms with Gasteiger partial charge in [-0.2, -0.15) is 0 Å². The van der Waals surface area contributed by atoms with Gasteiger partial charge in [0.2, 0.25) is 0 Å². The number of nitrogens with one attached hydrogen (secondary N) is 1. The van der Waals surface area contributed by atoms with E-state index in [1.807, 2.05) is 0 Å². The summed E-state index contributed by atoms with van der Waals surface area (Å²) in [6.07, 6.45) is 7.43. The molecule has 1 saturated heterocycles. The Morgan fingerprint density at radius 3 is 2.24 bits per heavy atom. The quantitative estimate of drug-likeness (QED) is 0.789. The lowest BCUT2D eigenvalue weighted by molar-refractivity contribution is 0.0819. The minimum atomic E-state index is 0.773. The van der Waals surface area contributed by atoms with E-state index >= 15 is 0 Å². The molecule has 3 fully saturated rings. The molecule has 0 aromatic carbocycles. The Bertz CT molecular complexity index is 246. The topological polar surface area (TPSA) is 15.3 Å². The van der Waals surface area contributed by atoms with E-state index in [9.17, 15) is 0 Å². The van der Waals surface area contributed by atoms with Crippen LogP contribution in [0.15, 0.2) is 0 Å². The van der Waals surface area contributed by atoms with Crippen LogP contribution in [-0.4, -0.2) is 36.6 Å². The molecular weight excluding hydrogens is 208 g/mol. The first kappa shape index (κ1) is 12.0. The number of piperidine rings is 1. The third kappa shape index (κ3) is 2.68. The van der Waals surface area contributed by atoms with E-state index < -0.39 is 0 Å². The third-order valence-corrected chi connectivity index (χ3v) is 5.03. The molecule has 2 atom stereocenters. The maximum absolute atomic E-state index is 3.66. The third-order valence-electron chi connectivity index (χ3n) is 5.03. The predicted octanol–water partition coefficient (Wildman–Crippen LogP) is 2.49. The SMILES string of the molecule is CCNC1CCN(C(C2CC2)C2CC2)CC1C. The normalized spacial score (nSPS) is 35.5. The molecule has 1 heterocycles. The van der Waals surface area contributed by atoms with Crippen molar-refractivity contribution in [3.8, 4) is 0 Å². The first-order chi connectivity index (χ1) is 8.29. The fourth-order valence-electron chi connectivity index (χ4n) is 3.87. The Kier molecular flexibility index (Phi) is 3.45. The summed E-state index contributed by atoms with van der Waals surface area (Å²) in [7, 11) is 0. The van der Waals surface area contributed by atoms with Gasteiger partial charge in [0.15, 0.2) is 0 Å². The minimum Gasteiger partial charge on any atom is -0.314 e. The van der Waals surface area contributed by atoms with Crippen LogP contribution >= 0.6 is 0 Å². The molecule has 3 aliphatic rings. The van der Waals surface area contributed by atoms with Crippen LogP contribution in [-0.2, 0) is 0 Å². The largest absolute Gasteiger partial charge is 0.314 e. The Morgan fingerprint density at radius 2 is 1.76 bits per heavy atom. The minimum absolute atomic E-state index is 0.773. The van der Waals surface area contributed by atoms with Crippen molar-refractivity contribution in [1.82, 2.24) is 10.2 Å². The number of rotatable bonds is 5. The van der Waals surface area contributed by atoms with Gasteiger partial charge in [-0.3, -0.25) is 4.90 Å². The van der Waals surface area contributed by atoms with Crippen molar-refractivity contribution in [2.24, 2.45) is 17.8 Å². The van der Waals surface area contributed by atoms with E-state index in [4.69, 9.17) is 0 Å². The van der Waals surface area contributed by atoms with Gasteiger partial charge < -0.3 is 5.32 Å². The first-order valence-corrected chi connectivity index (χ1v) is 7.77. The van der Waals surface area contributed by atoms with Gasteiger partial charge >= 0.3 is 0 Å². The zero-order chi connectivity index (χ0) is 11.8. The molecule has 0 radical (unpaired) electrons. The predicted molar refractivity (Wildman–Crippen MR) is 72.1 cm³/mol. The summed E-state index contributed by atoms with van der Waals surface area (Å²) in [6, 6.07) is 1.75. The second-order valence-corrected chi connectivity index (χ2v) is 6.59. The van der Waals surface area contributed by atoms with Gasteiger partial charge in [-0.1, -0.05) is 13.8 Å². The zero-order valence-electron chi connectivity index (χ0n) is 11.5. The van der Waals surface area contributed by atoms with Gasteiger partial charge in [0, 0.05) is 18.6 Å². The summed E-state index contributed by atoms with van der Waals surface area (Å²) in [5.74, 6) is 2.99. The molecule has 0 aromatic heterocycles. The van der Waals surface area contributed by atoms with Crippen LogP contribution in [0.4, 0.5) is 0 Å². The van der Waals surface area contributed by atoms with Crippen molar-refractivity contribution < 1.29 is 0 Å². The van der Waals surface area contributed by atoms with E-state index in [1.165, 1.54) is 45.2 Å². The fourth-order valence-corrected chi connectivity index (χ4v) is 3.87. The molecule has 1 N–H and O–H groups in total. The maximum Gasteiger partial charge on any atom is 0.0152 e. The zero-order valence-corrected chi connectivity index (χ0v) is 11.5. The maximum atomic E-state index is 3.66. The number of nitrogens with zero attached hydrogens (tertiary/aromatic N) is 1. The lowest BCUT2D eigenvalue weighted by Gasteiger charge is -2.42. The van der Waals surface area contributed by atoms with Gasteiger partial charge in [0.25, 0.3) is 0 Å². The Labute approximate surface area is 106 Å². The van der Waals surface area contributed by atoms with Crippen LogP contribution in [0, 0.1) is 17.8 Å². The Hall–Kier alpha value is -0.0800. The fraction of sp³-hybridized carbons (Fsp3) is 1.00. The Morgan fingerprint density at radius 1 is 1.12 bits per heavy atom. The second-order valence-electron chi connectivity index (χ2n) is 6.59. The van der Waals surface area contributed by atoms with Crippen LogP contribution in [0.1, 0.15) is 46.0 Å². The van der Waals surface area contributed by atoms with Gasteiger partial charge in [-0.25, -0.2) is 0 Å². The number of hydrogen-bond acceptors (Lipinski definition) is 2. The summed E-state index contributed by atoms with van der Waals surface area (Å²) in [5.41, 5.74) is 0. The molecule has 0 spiro atoms. The monoisotopic (exact) mass is 236 g/mol. The molecule has 2 nitrogen and oxygen atoms in total. The van der Waals surface area contributed by atoms with E-state index in [0.717, 1.165) is 36.4 Å². The van der Waals surface area contributed by atoms with Gasteiger partial charge in [0.1, 0.15) is 0 Å². The van der Waals surface area contributed by atoms with Crippen molar-refractivity contribution in [2.75, 3.05) is 19.6 Å². The van der Waals surface area contributed by atoms with Crippen molar-refractivity contribution in [3.63, 3.8) is 0 Å². The average Bonchev–Trinajstić information content (AvgIpc) is 3.15. The summed E-state index contributed by atoms with van der Waals surface area (Å²) in [4.78, 5) is 2.86. The second kappa shape index (κ2) is 4.89. The highest BCUT2D eigenvalue weighted by molar-refractivity contribution is 4.99. The van der Waals surface area contributed by atoms with Crippen molar-refractivity contribution in [3.05, 3.63) is 0 Å². The molecule has 1 aliphatic heterocycles. The molecule has 3 rings (SSSR count).